The van der Waals surface area contributed by atoms with E-state index in [2.05, 4.69) is 32.2 Å². The second-order valence-corrected chi connectivity index (χ2v) is 8.01. The van der Waals surface area contributed by atoms with Gasteiger partial charge in [0, 0.05) is 37.4 Å². The number of halogens is 4. The van der Waals surface area contributed by atoms with Crippen LogP contribution in [0.25, 0.3) is 16.9 Å². The zero-order chi connectivity index (χ0) is 23.9. The van der Waals surface area contributed by atoms with Gasteiger partial charge in [-0.2, -0.15) is 5.10 Å². The van der Waals surface area contributed by atoms with Gasteiger partial charge in [0.1, 0.15) is 17.8 Å². The molecule has 4 aromatic rings. The second kappa shape index (κ2) is 9.62. The average molecular weight is 650 g/mol. The van der Waals surface area contributed by atoms with Crippen molar-refractivity contribution < 1.29 is 38.6 Å². The van der Waals surface area contributed by atoms with Gasteiger partial charge in [-0.1, -0.05) is 17.7 Å². The van der Waals surface area contributed by atoms with Crippen LogP contribution in [0.2, 0.25) is 0 Å². The van der Waals surface area contributed by atoms with Gasteiger partial charge in [0.05, 0.1) is 17.1 Å². The molecule has 0 N–H and O–H groups in total. The molecule has 0 aliphatic rings. The number of pyridine rings is 3. The molecule has 0 unspecified atom stereocenters. The molecule has 0 aliphatic heterocycles. The summed E-state index contributed by atoms with van der Waals surface area (Å²) in [5.41, 5.74) is 0.931. The fraction of sp³-hybridized carbons (Fsp3) is 0.217. The van der Waals surface area contributed by atoms with E-state index in [0.717, 1.165) is 12.1 Å². The maximum absolute atomic E-state index is 14.4. The van der Waals surface area contributed by atoms with Crippen molar-refractivity contribution in [2.75, 3.05) is 19.0 Å². The largest absolute Gasteiger partial charge is 2.00 e. The van der Waals surface area contributed by atoms with Gasteiger partial charge in [-0.05, 0) is 31.7 Å². The Balaban J connectivity index is 0.00000324. The van der Waals surface area contributed by atoms with Gasteiger partial charge in [0.2, 0.25) is 0 Å². The third-order valence-electron chi connectivity index (χ3n) is 5.16. The van der Waals surface area contributed by atoms with Gasteiger partial charge in [-0.3, -0.25) is 18.4 Å². The van der Waals surface area contributed by atoms with Crippen LogP contribution in [-0.4, -0.2) is 38.8 Å². The Kier molecular flexibility index (Phi) is 7.21. The number of hydrogen-bond acceptors (Lipinski definition) is 5. The van der Waals surface area contributed by atoms with Gasteiger partial charge >= 0.3 is 21.1 Å². The summed E-state index contributed by atoms with van der Waals surface area (Å²) in [6, 6.07) is 12.0. The smallest absolute Gasteiger partial charge is 0.378 e. The summed E-state index contributed by atoms with van der Waals surface area (Å²) in [5.74, 6) is -4.04. The molecule has 0 amide bonds. The first-order valence-corrected chi connectivity index (χ1v) is 9.80. The molecule has 4 heterocycles. The van der Waals surface area contributed by atoms with Gasteiger partial charge in [0.25, 0.3) is 0 Å². The second-order valence-electron chi connectivity index (χ2n) is 8.01. The number of rotatable bonds is 5. The van der Waals surface area contributed by atoms with Crippen molar-refractivity contribution in [1.82, 2.24) is 24.7 Å². The van der Waals surface area contributed by atoms with Crippen LogP contribution >= 0.6 is 0 Å². The maximum atomic E-state index is 14.4. The van der Waals surface area contributed by atoms with Crippen LogP contribution in [0.1, 0.15) is 25.2 Å². The van der Waals surface area contributed by atoms with Crippen LogP contribution in [0, 0.1) is 35.9 Å². The van der Waals surface area contributed by atoms with Crippen LogP contribution < -0.4 is 4.90 Å². The van der Waals surface area contributed by atoms with E-state index < -0.39 is 29.2 Å². The number of hydrogen-bond donors (Lipinski definition) is 0. The Morgan fingerprint density at radius 3 is 2.15 bits per heavy atom. The van der Waals surface area contributed by atoms with E-state index in [9.17, 15) is 17.6 Å². The zero-order valence-electron chi connectivity index (χ0n) is 18.5. The molecule has 0 bridgehead atoms. The van der Waals surface area contributed by atoms with Crippen LogP contribution in [0.15, 0.2) is 36.5 Å². The Morgan fingerprint density at radius 2 is 1.53 bits per heavy atom. The molecule has 4 rings (SSSR count). The Bertz CT molecular complexity index is 1340. The fourth-order valence-corrected chi connectivity index (χ4v) is 3.22. The zero-order valence-corrected chi connectivity index (χ0v) is 20.7. The minimum Gasteiger partial charge on any atom is -0.378 e. The van der Waals surface area contributed by atoms with Crippen molar-refractivity contribution >= 4 is 5.69 Å². The van der Waals surface area contributed by atoms with E-state index >= 15 is 0 Å². The summed E-state index contributed by atoms with van der Waals surface area (Å²) in [6.07, 6.45) is 1.50. The van der Waals surface area contributed by atoms with Gasteiger partial charge in [0.15, 0.2) is 0 Å². The van der Waals surface area contributed by atoms with E-state index in [-0.39, 0.29) is 38.0 Å². The summed E-state index contributed by atoms with van der Waals surface area (Å²) in [4.78, 5) is 12.8. The Labute approximate surface area is 208 Å². The SMILES string of the molecule is CN(C)c1cc(-c2[c-]cc(F)nc2F)nc(C(C)(C)c2ccn(-c3[c-]cc(F)nc3F)n2)c1.[Pt+2]. The van der Waals surface area contributed by atoms with Crippen molar-refractivity contribution in [1.29, 1.82) is 0 Å². The van der Waals surface area contributed by atoms with Crippen molar-refractivity contribution in [3.05, 3.63) is 83.8 Å². The molecule has 0 aliphatic carbocycles. The molecule has 11 heteroatoms. The third-order valence-corrected chi connectivity index (χ3v) is 5.16. The maximum Gasteiger partial charge on any atom is 2.00 e. The Hall–Kier alpha value is -3.13. The van der Waals surface area contributed by atoms with E-state index in [0.29, 0.717) is 17.1 Å². The minimum atomic E-state index is -1.05. The first-order valence-electron chi connectivity index (χ1n) is 9.80. The molecule has 0 fully saturated rings. The summed E-state index contributed by atoms with van der Waals surface area (Å²) in [5, 5.41) is 4.41. The van der Waals surface area contributed by atoms with Crippen molar-refractivity contribution in [3.63, 3.8) is 0 Å². The predicted molar refractivity (Wildman–Crippen MR) is 113 cm³/mol. The molecule has 6 nitrogen and oxygen atoms in total. The molecule has 0 spiro atoms. The van der Waals surface area contributed by atoms with Gasteiger partial charge in [-0.25, -0.2) is 8.78 Å². The molecular weight excluding hydrogens is 631 g/mol. The van der Waals surface area contributed by atoms with Crippen LogP contribution in [0.5, 0.6) is 0 Å². The molecule has 34 heavy (non-hydrogen) atoms. The molecule has 4 aromatic heterocycles. The molecule has 0 saturated heterocycles. The quantitative estimate of drug-likeness (QED) is 0.184. The molecule has 0 radical (unpaired) electrons. The number of anilines is 1. The average Bonchev–Trinajstić information content (AvgIpc) is 3.24. The van der Waals surface area contributed by atoms with E-state index in [4.69, 9.17) is 0 Å². The van der Waals surface area contributed by atoms with E-state index in [1.165, 1.54) is 10.9 Å². The third kappa shape index (κ3) is 4.87. The first-order chi connectivity index (χ1) is 15.6. The molecule has 178 valence electrons. The van der Waals surface area contributed by atoms with Crippen LogP contribution in [-0.2, 0) is 26.5 Å². The summed E-state index contributed by atoms with van der Waals surface area (Å²) < 4.78 is 56.0. The molecule has 0 atom stereocenters. The van der Waals surface area contributed by atoms with Crippen molar-refractivity contribution in [2.24, 2.45) is 0 Å². The molecule has 0 saturated carbocycles. The first kappa shape index (κ1) is 25.5. The summed E-state index contributed by atoms with van der Waals surface area (Å²) >= 11 is 0. The summed E-state index contributed by atoms with van der Waals surface area (Å²) in [6.45, 7) is 3.69. The number of nitrogens with zero attached hydrogens (tertiary/aromatic N) is 6. The van der Waals surface area contributed by atoms with Crippen molar-refractivity contribution in [2.45, 2.75) is 19.3 Å². The molecular formula is C23H18F4N6Pt. The Morgan fingerprint density at radius 1 is 0.882 bits per heavy atom. The monoisotopic (exact) mass is 649 g/mol. The number of aromatic nitrogens is 5. The normalized spacial score (nSPS) is 11.3. The van der Waals surface area contributed by atoms with E-state index in [1.54, 1.807) is 12.1 Å². The van der Waals surface area contributed by atoms with E-state index in [1.807, 2.05) is 38.9 Å². The van der Waals surface area contributed by atoms with Gasteiger partial charge < -0.3 is 14.9 Å². The van der Waals surface area contributed by atoms with Gasteiger partial charge in [-0.15, -0.1) is 18.2 Å². The minimum absolute atomic E-state index is 0. The van der Waals surface area contributed by atoms with Crippen LogP contribution in [0.4, 0.5) is 23.2 Å². The van der Waals surface area contributed by atoms with Crippen LogP contribution in [0.3, 0.4) is 0 Å². The standard InChI is InChI=1S/C23H18F4N6.Pt/c1-23(2,17-9-10-33(31-17)16-6-8-20(25)30-22(16)27)18-12-13(32(3)4)11-15(28-18)14-5-7-19(24)29-21(14)26;/h7-12H,1-4H3;/q-2;+2. The predicted octanol–water partition coefficient (Wildman–Crippen LogP) is 4.27. The summed E-state index contributed by atoms with van der Waals surface area (Å²) in [7, 11) is 3.63. The molecule has 0 aromatic carbocycles. The fourth-order valence-electron chi connectivity index (χ4n) is 3.22. The topological polar surface area (TPSA) is 59.7 Å². The van der Waals surface area contributed by atoms with Crippen molar-refractivity contribution in [3.8, 4) is 16.9 Å².